The Morgan fingerprint density at radius 1 is 1.35 bits per heavy atom. The Labute approximate surface area is 97.5 Å². The molecule has 84 valence electrons. The molecule has 0 atom stereocenters. The van der Waals surface area contributed by atoms with Crippen LogP contribution in [0.15, 0.2) is 30.5 Å². The lowest BCUT2D eigenvalue weighted by Gasteiger charge is -2.07. The van der Waals surface area contributed by atoms with Gasteiger partial charge in [0, 0.05) is 11.9 Å². The van der Waals surface area contributed by atoms with Crippen LogP contribution in [0.3, 0.4) is 0 Å². The van der Waals surface area contributed by atoms with Gasteiger partial charge in [0.25, 0.3) is 5.91 Å². The van der Waals surface area contributed by atoms with E-state index in [1.54, 1.807) is 10.9 Å². The first kappa shape index (κ1) is 9.65. The minimum absolute atomic E-state index is 0.381. The van der Waals surface area contributed by atoms with Crippen LogP contribution < -0.4 is 11.1 Å². The summed E-state index contributed by atoms with van der Waals surface area (Å²) in [6.45, 7) is 0. The molecule has 0 spiro atoms. The highest BCUT2D eigenvalue weighted by molar-refractivity contribution is 5.99. The van der Waals surface area contributed by atoms with Crippen LogP contribution in [0.5, 0.6) is 0 Å². The van der Waals surface area contributed by atoms with Gasteiger partial charge in [-0.3, -0.25) is 4.79 Å². The van der Waals surface area contributed by atoms with Crippen molar-refractivity contribution in [1.82, 2.24) is 9.78 Å². The standard InChI is InChI=1S/C12H10N4O/c13-11(17)9-7-14-16-6-5-8-3-1-2-4-10(8)15-12(9)16/h1-7,15H,(H2,13,17). The summed E-state index contributed by atoms with van der Waals surface area (Å²) in [5.41, 5.74) is 7.64. The Morgan fingerprint density at radius 3 is 3.00 bits per heavy atom. The van der Waals surface area contributed by atoms with Gasteiger partial charge in [-0.2, -0.15) is 5.10 Å². The number of amides is 1. The van der Waals surface area contributed by atoms with E-state index in [4.69, 9.17) is 5.73 Å². The zero-order chi connectivity index (χ0) is 11.8. The van der Waals surface area contributed by atoms with Crippen LogP contribution in [0.4, 0.5) is 11.5 Å². The van der Waals surface area contributed by atoms with Crippen molar-refractivity contribution in [3.63, 3.8) is 0 Å². The van der Waals surface area contributed by atoms with Gasteiger partial charge in [0.1, 0.15) is 11.4 Å². The van der Waals surface area contributed by atoms with Crippen LogP contribution in [0.1, 0.15) is 15.9 Å². The molecule has 1 aliphatic rings. The van der Waals surface area contributed by atoms with Crippen molar-refractivity contribution >= 4 is 29.7 Å². The van der Waals surface area contributed by atoms with E-state index in [9.17, 15) is 4.79 Å². The molecule has 0 saturated carbocycles. The molecule has 5 heteroatoms. The number of aromatic nitrogens is 2. The number of nitrogens with zero attached hydrogens (tertiary/aromatic N) is 2. The number of benzene rings is 1. The second-order valence-electron chi connectivity index (χ2n) is 3.74. The average molecular weight is 226 g/mol. The van der Waals surface area contributed by atoms with Crippen molar-refractivity contribution in [3.05, 3.63) is 41.6 Å². The molecule has 0 aliphatic carbocycles. The van der Waals surface area contributed by atoms with Crippen molar-refractivity contribution in [2.24, 2.45) is 5.73 Å². The Balaban J connectivity index is 2.17. The number of carbonyl (C=O) groups is 1. The highest BCUT2D eigenvalue weighted by Crippen LogP contribution is 2.27. The molecular formula is C12H10N4O. The number of nitrogens with two attached hydrogens (primary N) is 1. The zero-order valence-electron chi connectivity index (χ0n) is 8.92. The molecule has 1 amide bonds. The topological polar surface area (TPSA) is 72.9 Å². The molecule has 1 aromatic carbocycles. The van der Waals surface area contributed by atoms with Crippen molar-refractivity contribution in [1.29, 1.82) is 0 Å². The van der Waals surface area contributed by atoms with E-state index in [0.29, 0.717) is 11.4 Å². The van der Waals surface area contributed by atoms with Gasteiger partial charge in [-0.05, 0) is 17.7 Å². The molecule has 5 nitrogen and oxygen atoms in total. The fourth-order valence-corrected chi connectivity index (χ4v) is 1.81. The smallest absolute Gasteiger partial charge is 0.254 e. The van der Waals surface area contributed by atoms with Crippen LogP contribution in [0.2, 0.25) is 0 Å². The predicted molar refractivity (Wildman–Crippen MR) is 65.7 cm³/mol. The minimum Gasteiger partial charge on any atom is -0.365 e. The third kappa shape index (κ3) is 1.48. The quantitative estimate of drug-likeness (QED) is 0.662. The summed E-state index contributed by atoms with van der Waals surface area (Å²) >= 11 is 0. The van der Waals surface area contributed by atoms with Gasteiger partial charge in [-0.25, -0.2) is 4.68 Å². The number of hydrogen-bond donors (Lipinski definition) is 2. The van der Waals surface area contributed by atoms with Gasteiger partial charge in [0.15, 0.2) is 0 Å². The average Bonchev–Trinajstić information content (AvgIpc) is 2.63. The molecule has 2 aromatic rings. The van der Waals surface area contributed by atoms with Crippen LogP contribution in [-0.4, -0.2) is 15.7 Å². The third-order valence-electron chi connectivity index (χ3n) is 2.67. The van der Waals surface area contributed by atoms with Crippen LogP contribution >= 0.6 is 0 Å². The highest BCUT2D eigenvalue weighted by atomic mass is 16.1. The third-order valence-corrected chi connectivity index (χ3v) is 2.67. The van der Waals surface area contributed by atoms with Crippen molar-refractivity contribution < 1.29 is 4.79 Å². The SMILES string of the molecule is NC(=O)c1cnn2c1Nc1ccccc1C=C2. The first-order valence-corrected chi connectivity index (χ1v) is 5.17. The second-order valence-corrected chi connectivity index (χ2v) is 3.74. The number of primary amides is 1. The molecule has 0 saturated heterocycles. The maximum absolute atomic E-state index is 11.3. The normalized spacial score (nSPS) is 12.2. The summed E-state index contributed by atoms with van der Waals surface area (Å²) in [6, 6.07) is 7.80. The van der Waals surface area contributed by atoms with Crippen molar-refractivity contribution in [2.45, 2.75) is 0 Å². The molecule has 1 aliphatic heterocycles. The molecule has 0 unspecified atom stereocenters. The Morgan fingerprint density at radius 2 is 2.18 bits per heavy atom. The molecule has 3 N–H and O–H groups in total. The Hall–Kier alpha value is -2.56. The lowest BCUT2D eigenvalue weighted by molar-refractivity contribution is 0.100. The number of nitrogens with one attached hydrogen (secondary N) is 1. The van der Waals surface area contributed by atoms with E-state index in [1.807, 2.05) is 30.3 Å². The van der Waals surface area contributed by atoms with Crippen molar-refractivity contribution in [2.75, 3.05) is 5.32 Å². The highest BCUT2D eigenvalue weighted by Gasteiger charge is 2.16. The largest absolute Gasteiger partial charge is 0.365 e. The van der Waals surface area contributed by atoms with Crippen molar-refractivity contribution in [3.8, 4) is 0 Å². The lowest BCUT2D eigenvalue weighted by atomic mass is 10.2. The Bertz CT molecular complexity index is 627. The second kappa shape index (κ2) is 3.48. The van der Waals surface area contributed by atoms with E-state index in [-0.39, 0.29) is 0 Å². The lowest BCUT2D eigenvalue weighted by Crippen LogP contribution is -2.12. The number of carbonyl (C=O) groups excluding carboxylic acids is 1. The number of anilines is 2. The summed E-state index contributed by atoms with van der Waals surface area (Å²) in [7, 11) is 0. The number of hydrogen-bond acceptors (Lipinski definition) is 3. The molecule has 0 fully saturated rings. The summed E-state index contributed by atoms with van der Waals surface area (Å²) < 4.78 is 1.60. The zero-order valence-corrected chi connectivity index (χ0v) is 8.92. The summed E-state index contributed by atoms with van der Waals surface area (Å²) in [4.78, 5) is 11.3. The van der Waals surface area contributed by atoms with Crippen LogP contribution in [0, 0.1) is 0 Å². The van der Waals surface area contributed by atoms with Gasteiger partial charge in [0.2, 0.25) is 0 Å². The van der Waals surface area contributed by atoms with Crippen LogP contribution in [0.25, 0.3) is 12.3 Å². The number of rotatable bonds is 1. The van der Waals surface area contributed by atoms with E-state index < -0.39 is 5.91 Å². The van der Waals surface area contributed by atoms with E-state index in [1.165, 1.54) is 6.20 Å². The van der Waals surface area contributed by atoms with Gasteiger partial charge in [-0.15, -0.1) is 0 Å². The number of fused-ring (bicyclic) bond motifs is 2. The monoisotopic (exact) mass is 226 g/mol. The van der Waals surface area contributed by atoms with E-state index in [0.717, 1.165) is 11.3 Å². The molecule has 3 rings (SSSR count). The molecule has 1 aromatic heterocycles. The Kier molecular flexibility index (Phi) is 1.98. The molecule has 2 heterocycles. The molecule has 0 bridgehead atoms. The molecule has 0 radical (unpaired) electrons. The van der Waals surface area contributed by atoms with Crippen LogP contribution in [-0.2, 0) is 0 Å². The first-order chi connectivity index (χ1) is 8.25. The summed E-state index contributed by atoms with van der Waals surface area (Å²) in [5.74, 6) is 0.102. The number of para-hydroxylation sites is 1. The van der Waals surface area contributed by atoms with Gasteiger partial charge < -0.3 is 11.1 Å². The fraction of sp³-hybridized carbons (Fsp3) is 0. The van der Waals surface area contributed by atoms with Gasteiger partial charge >= 0.3 is 0 Å². The van der Waals surface area contributed by atoms with E-state index in [2.05, 4.69) is 10.4 Å². The first-order valence-electron chi connectivity index (χ1n) is 5.17. The van der Waals surface area contributed by atoms with Gasteiger partial charge in [-0.1, -0.05) is 18.2 Å². The summed E-state index contributed by atoms with van der Waals surface area (Å²) in [6.07, 6.45) is 5.18. The predicted octanol–water partition coefficient (Wildman–Crippen LogP) is 1.67. The molecule has 17 heavy (non-hydrogen) atoms. The fourth-order valence-electron chi connectivity index (χ4n) is 1.81. The molecular weight excluding hydrogens is 216 g/mol. The van der Waals surface area contributed by atoms with E-state index >= 15 is 0 Å². The maximum atomic E-state index is 11.3. The maximum Gasteiger partial charge on any atom is 0.254 e. The van der Waals surface area contributed by atoms with Gasteiger partial charge in [0.05, 0.1) is 6.20 Å². The minimum atomic E-state index is -0.494. The summed E-state index contributed by atoms with van der Waals surface area (Å²) in [5, 5.41) is 7.26.